The summed E-state index contributed by atoms with van der Waals surface area (Å²) in [5.41, 5.74) is 1.14. The highest BCUT2D eigenvalue weighted by atomic mass is 16.5. The molecule has 0 fully saturated rings. The molecule has 0 radical (unpaired) electrons. The standard InChI is InChI=1S/C16H21NO3/c1-12(2)20-15-7-5-6-14-13(15)9-11-17(14)10-4-3-8-16(18)19/h5-7,9,11-12H,3-4,8,10H2,1-2H3,(H,18,19). The van der Waals surface area contributed by atoms with Crippen LogP contribution in [0, 0.1) is 0 Å². The Kier molecular flexibility index (Phi) is 4.66. The Morgan fingerprint density at radius 2 is 2.10 bits per heavy atom. The van der Waals surface area contributed by atoms with Gasteiger partial charge in [-0.1, -0.05) is 6.07 Å². The van der Waals surface area contributed by atoms with Gasteiger partial charge in [0.25, 0.3) is 0 Å². The Labute approximate surface area is 119 Å². The van der Waals surface area contributed by atoms with Crippen molar-refractivity contribution in [2.45, 2.75) is 45.8 Å². The van der Waals surface area contributed by atoms with Crippen LogP contribution in [0.2, 0.25) is 0 Å². The fourth-order valence-electron chi connectivity index (χ4n) is 2.31. The third kappa shape index (κ3) is 3.53. The Balaban J connectivity index is 2.09. The Bertz CT molecular complexity index is 586. The average molecular weight is 275 g/mol. The third-order valence-corrected chi connectivity index (χ3v) is 3.18. The van der Waals surface area contributed by atoms with Crippen molar-refractivity contribution < 1.29 is 14.6 Å². The van der Waals surface area contributed by atoms with Gasteiger partial charge in [0, 0.05) is 24.5 Å². The molecule has 0 bridgehead atoms. The van der Waals surface area contributed by atoms with Gasteiger partial charge in [0.2, 0.25) is 0 Å². The maximum atomic E-state index is 10.5. The summed E-state index contributed by atoms with van der Waals surface area (Å²) < 4.78 is 7.96. The molecule has 0 unspecified atom stereocenters. The van der Waals surface area contributed by atoms with E-state index < -0.39 is 5.97 Å². The molecule has 1 N–H and O–H groups in total. The molecule has 1 heterocycles. The summed E-state index contributed by atoms with van der Waals surface area (Å²) in [6.45, 7) is 4.87. The van der Waals surface area contributed by atoms with Gasteiger partial charge >= 0.3 is 5.97 Å². The molecule has 108 valence electrons. The highest BCUT2D eigenvalue weighted by Gasteiger charge is 2.07. The Morgan fingerprint density at radius 3 is 2.80 bits per heavy atom. The van der Waals surface area contributed by atoms with Crippen LogP contribution in [0.4, 0.5) is 0 Å². The zero-order chi connectivity index (χ0) is 14.5. The summed E-state index contributed by atoms with van der Waals surface area (Å²) in [7, 11) is 0. The number of ether oxygens (including phenoxy) is 1. The van der Waals surface area contributed by atoms with Gasteiger partial charge in [0.15, 0.2) is 0 Å². The van der Waals surface area contributed by atoms with Gasteiger partial charge < -0.3 is 14.4 Å². The van der Waals surface area contributed by atoms with E-state index in [0.717, 1.165) is 29.6 Å². The third-order valence-electron chi connectivity index (χ3n) is 3.18. The maximum Gasteiger partial charge on any atom is 0.303 e. The quantitative estimate of drug-likeness (QED) is 0.784. The highest BCUT2D eigenvalue weighted by molar-refractivity contribution is 5.86. The van der Waals surface area contributed by atoms with E-state index in [4.69, 9.17) is 9.84 Å². The van der Waals surface area contributed by atoms with Crippen LogP contribution in [0.1, 0.15) is 33.1 Å². The number of benzene rings is 1. The lowest BCUT2D eigenvalue weighted by molar-refractivity contribution is -0.137. The molecule has 0 spiro atoms. The van der Waals surface area contributed by atoms with Crippen molar-refractivity contribution in [2.24, 2.45) is 0 Å². The molecule has 0 aliphatic rings. The minimum Gasteiger partial charge on any atom is -0.490 e. The number of unbranched alkanes of at least 4 members (excludes halogenated alkanes) is 1. The van der Waals surface area contributed by atoms with E-state index in [2.05, 4.69) is 16.7 Å². The predicted octanol–water partition coefficient (Wildman–Crippen LogP) is 3.68. The molecule has 2 rings (SSSR count). The van der Waals surface area contributed by atoms with Crippen LogP contribution < -0.4 is 4.74 Å². The summed E-state index contributed by atoms with van der Waals surface area (Å²) >= 11 is 0. The summed E-state index contributed by atoms with van der Waals surface area (Å²) in [5, 5.41) is 9.75. The normalized spacial score (nSPS) is 11.2. The number of aliphatic carboxylic acids is 1. The molecular formula is C16H21NO3. The second-order valence-electron chi connectivity index (χ2n) is 5.22. The van der Waals surface area contributed by atoms with E-state index in [9.17, 15) is 4.79 Å². The van der Waals surface area contributed by atoms with Crippen LogP contribution in [0.3, 0.4) is 0 Å². The molecule has 0 atom stereocenters. The monoisotopic (exact) mass is 275 g/mol. The molecule has 0 aliphatic carbocycles. The lowest BCUT2D eigenvalue weighted by Crippen LogP contribution is -2.05. The summed E-state index contributed by atoms with van der Waals surface area (Å²) in [4.78, 5) is 10.5. The molecule has 0 saturated heterocycles. The van der Waals surface area contributed by atoms with Gasteiger partial charge in [-0.25, -0.2) is 0 Å². The van der Waals surface area contributed by atoms with Gasteiger partial charge in [0.05, 0.1) is 11.6 Å². The van der Waals surface area contributed by atoms with Gasteiger partial charge in [-0.15, -0.1) is 0 Å². The second-order valence-corrected chi connectivity index (χ2v) is 5.22. The topological polar surface area (TPSA) is 51.5 Å². The lowest BCUT2D eigenvalue weighted by atomic mass is 10.2. The van der Waals surface area contributed by atoms with Gasteiger partial charge in [-0.3, -0.25) is 4.79 Å². The van der Waals surface area contributed by atoms with Crippen LogP contribution in [-0.2, 0) is 11.3 Å². The van der Waals surface area contributed by atoms with Crippen molar-refractivity contribution >= 4 is 16.9 Å². The number of carboxylic acid groups (broad SMARTS) is 1. The van der Waals surface area contributed by atoms with E-state index in [-0.39, 0.29) is 12.5 Å². The van der Waals surface area contributed by atoms with Gasteiger partial charge in [0.1, 0.15) is 5.75 Å². The fourth-order valence-corrected chi connectivity index (χ4v) is 2.31. The lowest BCUT2D eigenvalue weighted by Gasteiger charge is -2.11. The molecule has 4 nitrogen and oxygen atoms in total. The maximum absolute atomic E-state index is 10.5. The summed E-state index contributed by atoms with van der Waals surface area (Å²) in [5.74, 6) is 0.178. The van der Waals surface area contributed by atoms with E-state index in [1.54, 1.807) is 0 Å². The number of aryl methyl sites for hydroxylation is 1. The van der Waals surface area contributed by atoms with E-state index in [1.807, 2.05) is 32.2 Å². The molecule has 0 aliphatic heterocycles. The molecular weight excluding hydrogens is 254 g/mol. The highest BCUT2D eigenvalue weighted by Crippen LogP contribution is 2.27. The first kappa shape index (κ1) is 14.4. The second kappa shape index (κ2) is 6.46. The molecule has 1 aromatic carbocycles. The smallest absolute Gasteiger partial charge is 0.303 e. The first-order valence-electron chi connectivity index (χ1n) is 7.04. The number of aromatic nitrogens is 1. The number of nitrogens with zero attached hydrogens (tertiary/aromatic N) is 1. The minimum atomic E-state index is -0.727. The van der Waals surface area contributed by atoms with Gasteiger partial charge in [-0.2, -0.15) is 0 Å². The zero-order valence-electron chi connectivity index (χ0n) is 12.0. The number of fused-ring (bicyclic) bond motifs is 1. The average Bonchev–Trinajstić information content (AvgIpc) is 2.78. The largest absolute Gasteiger partial charge is 0.490 e. The van der Waals surface area contributed by atoms with Crippen LogP contribution >= 0.6 is 0 Å². The number of carbonyl (C=O) groups is 1. The van der Waals surface area contributed by atoms with Crippen molar-refractivity contribution in [2.75, 3.05) is 0 Å². The Morgan fingerprint density at radius 1 is 1.30 bits per heavy atom. The van der Waals surface area contributed by atoms with Crippen LogP contribution in [-0.4, -0.2) is 21.7 Å². The summed E-state index contributed by atoms with van der Waals surface area (Å²) in [6.07, 6.45) is 4.00. The van der Waals surface area contributed by atoms with Gasteiger partial charge in [-0.05, 0) is 44.9 Å². The molecule has 0 saturated carbocycles. The molecule has 4 heteroatoms. The SMILES string of the molecule is CC(C)Oc1cccc2c1ccn2CCCCC(=O)O. The first-order valence-corrected chi connectivity index (χ1v) is 7.04. The number of hydrogen-bond acceptors (Lipinski definition) is 2. The molecule has 1 aromatic heterocycles. The summed E-state index contributed by atoms with van der Waals surface area (Å²) in [6, 6.07) is 8.11. The van der Waals surface area contributed by atoms with Crippen LogP contribution in [0.5, 0.6) is 5.75 Å². The van der Waals surface area contributed by atoms with Crippen LogP contribution in [0.25, 0.3) is 10.9 Å². The predicted molar refractivity (Wildman–Crippen MR) is 79.2 cm³/mol. The number of hydrogen-bond donors (Lipinski definition) is 1. The van der Waals surface area contributed by atoms with Crippen molar-refractivity contribution in [3.05, 3.63) is 30.5 Å². The van der Waals surface area contributed by atoms with Crippen molar-refractivity contribution in [3.8, 4) is 5.75 Å². The zero-order valence-corrected chi connectivity index (χ0v) is 12.0. The molecule has 20 heavy (non-hydrogen) atoms. The Hall–Kier alpha value is -1.97. The van der Waals surface area contributed by atoms with E-state index in [1.165, 1.54) is 0 Å². The van der Waals surface area contributed by atoms with Crippen molar-refractivity contribution in [1.29, 1.82) is 0 Å². The molecule has 0 amide bonds. The minimum absolute atomic E-state index is 0.152. The van der Waals surface area contributed by atoms with Crippen LogP contribution in [0.15, 0.2) is 30.5 Å². The number of carboxylic acids is 1. The fraction of sp³-hybridized carbons (Fsp3) is 0.438. The van der Waals surface area contributed by atoms with Crippen molar-refractivity contribution in [1.82, 2.24) is 4.57 Å². The molecule has 2 aromatic rings. The van der Waals surface area contributed by atoms with Crippen molar-refractivity contribution in [3.63, 3.8) is 0 Å². The number of rotatable bonds is 7. The van der Waals surface area contributed by atoms with E-state index >= 15 is 0 Å². The van der Waals surface area contributed by atoms with E-state index in [0.29, 0.717) is 6.42 Å². The first-order chi connectivity index (χ1) is 9.58.